The normalized spacial score (nSPS) is 11.2. The van der Waals surface area contributed by atoms with E-state index in [-0.39, 0.29) is 5.91 Å². The van der Waals surface area contributed by atoms with E-state index in [1.165, 1.54) is 13.2 Å². The molecule has 192 valence electrons. The number of furan rings is 1. The fourth-order valence-electron chi connectivity index (χ4n) is 3.89. The van der Waals surface area contributed by atoms with Gasteiger partial charge >= 0.3 is 0 Å². The van der Waals surface area contributed by atoms with E-state index in [0.29, 0.717) is 62.0 Å². The zero-order valence-corrected chi connectivity index (χ0v) is 21.5. The number of carbonyl (C=O) groups is 1. The highest BCUT2D eigenvalue weighted by Gasteiger charge is 2.17. The summed E-state index contributed by atoms with van der Waals surface area (Å²) >= 11 is 5.94. The van der Waals surface area contributed by atoms with Gasteiger partial charge in [0.05, 0.1) is 21.3 Å². The molecule has 0 aliphatic rings. The summed E-state index contributed by atoms with van der Waals surface area (Å²) < 4.78 is 27.9. The van der Waals surface area contributed by atoms with Crippen LogP contribution in [-0.4, -0.2) is 32.2 Å². The third-order valence-corrected chi connectivity index (χ3v) is 5.97. The number of halogens is 1. The fourth-order valence-corrected chi connectivity index (χ4v) is 4.01. The smallest absolute Gasteiger partial charge is 0.248 e. The number of fused-ring (bicyclic) bond motifs is 1. The van der Waals surface area contributed by atoms with Crippen LogP contribution < -0.4 is 19.5 Å². The Morgan fingerprint density at radius 1 is 0.868 bits per heavy atom. The number of nitrogens with zero attached hydrogens (tertiary/aromatic N) is 1. The number of benzene rings is 3. The van der Waals surface area contributed by atoms with Crippen molar-refractivity contribution in [1.82, 2.24) is 4.98 Å². The molecule has 0 saturated carbocycles. The van der Waals surface area contributed by atoms with Crippen LogP contribution >= 0.6 is 11.6 Å². The molecule has 1 N–H and O–H groups in total. The number of nitrogens with one attached hydrogen (secondary N) is 1. The summed E-state index contributed by atoms with van der Waals surface area (Å²) in [6.45, 7) is 0. The molecule has 0 fully saturated rings. The molecule has 0 saturated heterocycles. The maximum atomic E-state index is 12.5. The van der Waals surface area contributed by atoms with E-state index in [0.717, 1.165) is 5.56 Å². The van der Waals surface area contributed by atoms with E-state index in [9.17, 15) is 4.79 Å². The summed E-state index contributed by atoms with van der Waals surface area (Å²) in [6.07, 6.45) is 3.00. The first kappa shape index (κ1) is 25.0. The maximum Gasteiger partial charge on any atom is 0.248 e. The van der Waals surface area contributed by atoms with Gasteiger partial charge in [0.1, 0.15) is 17.0 Å². The van der Waals surface area contributed by atoms with Gasteiger partial charge in [-0.25, -0.2) is 4.98 Å². The second kappa shape index (κ2) is 10.7. The average molecular weight is 531 g/mol. The SMILES string of the molecule is COc1cc(-c2nc3cc(NC(=O)/C=C/c4ccc(-c5ccc(Cl)cc5)o4)ccc3o2)cc(OC)c1OC. The fraction of sp³-hybridized carbons (Fsp3) is 0.103. The van der Waals surface area contributed by atoms with E-state index in [1.807, 2.05) is 18.2 Å². The molecule has 0 radical (unpaired) electrons. The molecule has 9 heteroatoms. The number of hydrogen-bond donors (Lipinski definition) is 1. The number of aromatic nitrogens is 1. The zero-order valence-electron chi connectivity index (χ0n) is 20.8. The summed E-state index contributed by atoms with van der Waals surface area (Å²) in [5.41, 5.74) is 3.26. The highest BCUT2D eigenvalue weighted by atomic mass is 35.5. The van der Waals surface area contributed by atoms with E-state index >= 15 is 0 Å². The molecule has 5 aromatic rings. The molecule has 0 spiro atoms. The van der Waals surface area contributed by atoms with Crippen molar-refractivity contribution < 1.29 is 27.8 Å². The van der Waals surface area contributed by atoms with Gasteiger partial charge in [0.25, 0.3) is 0 Å². The van der Waals surface area contributed by atoms with Gasteiger partial charge in [-0.1, -0.05) is 11.6 Å². The van der Waals surface area contributed by atoms with Crippen molar-refractivity contribution in [2.45, 2.75) is 0 Å². The summed E-state index contributed by atoms with van der Waals surface area (Å²) in [6, 6.07) is 19.7. The Labute approximate surface area is 223 Å². The molecule has 0 unspecified atom stereocenters. The van der Waals surface area contributed by atoms with Crippen molar-refractivity contribution in [3.05, 3.63) is 83.6 Å². The molecule has 0 bridgehead atoms. The highest BCUT2D eigenvalue weighted by Crippen LogP contribution is 2.41. The first-order chi connectivity index (χ1) is 18.5. The van der Waals surface area contributed by atoms with Crippen molar-refractivity contribution in [2.24, 2.45) is 0 Å². The van der Waals surface area contributed by atoms with Gasteiger partial charge in [-0.05, 0) is 72.8 Å². The van der Waals surface area contributed by atoms with Crippen LogP contribution in [0, 0.1) is 0 Å². The topological polar surface area (TPSA) is 96.0 Å². The summed E-state index contributed by atoms with van der Waals surface area (Å²) in [5, 5.41) is 3.48. The lowest BCUT2D eigenvalue weighted by Gasteiger charge is -2.12. The average Bonchev–Trinajstić information content (AvgIpc) is 3.58. The second-order valence-corrected chi connectivity index (χ2v) is 8.58. The summed E-state index contributed by atoms with van der Waals surface area (Å²) in [7, 11) is 4.62. The van der Waals surface area contributed by atoms with Crippen molar-refractivity contribution in [2.75, 3.05) is 26.6 Å². The molecule has 8 nitrogen and oxygen atoms in total. The number of anilines is 1. The largest absolute Gasteiger partial charge is 0.493 e. The van der Waals surface area contributed by atoms with Gasteiger partial charge < -0.3 is 28.4 Å². The van der Waals surface area contributed by atoms with Gasteiger partial charge in [-0.2, -0.15) is 0 Å². The summed E-state index contributed by atoms with van der Waals surface area (Å²) in [5.74, 6) is 2.73. The monoisotopic (exact) mass is 530 g/mol. The number of carbonyl (C=O) groups excluding carboxylic acids is 1. The van der Waals surface area contributed by atoms with Gasteiger partial charge in [-0.3, -0.25) is 4.79 Å². The van der Waals surface area contributed by atoms with Gasteiger partial charge in [0.15, 0.2) is 17.1 Å². The van der Waals surface area contributed by atoms with Gasteiger partial charge in [0.2, 0.25) is 17.5 Å². The molecule has 0 aliphatic carbocycles. The first-order valence-corrected chi connectivity index (χ1v) is 11.9. The van der Waals surface area contributed by atoms with Crippen LogP contribution in [0.1, 0.15) is 5.76 Å². The molecule has 5 rings (SSSR count). The Balaban J connectivity index is 1.31. The quantitative estimate of drug-likeness (QED) is 0.214. The van der Waals surface area contributed by atoms with Gasteiger partial charge in [0, 0.05) is 27.9 Å². The number of ether oxygens (including phenoxy) is 3. The van der Waals surface area contributed by atoms with Crippen LogP contribution in [0.5, 0.6) is 17.2 Å². The van der Waals surface area contributed by atoms with E-state index < -0.39 is 0 Å². The third kappa shape index (κ3) is 5.21. The summed E-state index contributed by atoms with van der Waals surface area (Å²) in [4.78, 5) is 17.1. The molecular weight excluding hydrogens is 508 g/mol. The minimum absolute atomic E-state index is 0.317. The Morgan fingerprint density at radius 3 is 2.29 bits per heavy atom. The molecule has 0 atom stereocenters. The lowest BCUT2D eigenvalue weighted by molar-refractivity contribution is -0.111. The minimum Gasteiger partial charge on any atom is -0.493 e. The Morgan fingerprint density at radius 2 is 1.61 bits per heavy atom. The molecule has 0 aliphatic heterocycles. The Bertz CT molecular complexity index is 1610. The predicted octanol–water partition coefficient (Wildman–Crippen LogP) is 7.09. The molecule has 2 aromatic heterocycles. The number of methoxy groups -OCH3 is 3. The van der Waals surface area contributed by atoms with E-state index in [2.05, 4.69) is 10.3 Å². The van der Waals surface area contributed by atoms with Crippen LogP contribution in [0.15, 0.2) is 81.6 Å². The molecule has 3 aromatic carbocycles. The van der Waals surface area contributed by atoms with Crippen molar-refractivity contribution in [3.8, 4) is 40.0 Å². The maximum absolute atomic E-state index is 12.5. The lowest BCUT2D eigenvalue weighted by Crippen LogP contribution is -2.07. The Hall–Kier alpha value is -4.69. The van der Waals surface area contributed by atoms with Crippen molar-refractivity contribution in [1.29, 1.82) is 0 Å². The van der Waals surface area contributed by atoms with Crippen molar-refractivity contribution >= 4 is 40.4 Å². The standard InChI is InChI=1S/C29H23ClN2O6/c1-34-25-14-18(15-26(35-2)28(25)36-3)29-32-22-16-20(8-11-24(22)38-29)31-27(33)13-10-21-9-12-23(37-21)17-4-6-19(30)7-5-17/h4-16H,1-3H3,(H,31,33)/b13-10+. The number of rotatable bonds is 8. The Kier molecular flexibility index (Phi) is 7.06. The van der Waals surface area contributed by atoms with Crippen molar-refractivity contribution in [3.63, 3.8) is 0 Å². The predicted molar refractivity (Wildman–Crippen MR) is 146 cm³/mol. The molecule has 38 heavy (non-hydrogen) atoms. The van der Waals surface area contributed by atoms with E-state index in [1.54, 1.807) is 68.8 Å². The lowest BCUT2D eigenvalue weighted by atomic mass is 10.2. The number of amides is 1. The van der Waals surface area contributed by atoms with Gasteiger partial charge in [-0.15, -0.1) is 0 Å². The molecule has 2 heterocycles. The highest BCUT2D eigenvalue weighted by molar-refractivity contribution is 6.30. The van der Waals surface area contributed by atoms with E-state index in [4.69, 9.17) is 34.6 Å². The number of hydrogen-bond acceptors (Lipinski definition) is 7. The van der Waals surface area contributed by atoms with Crippen LogP contribution in [0.4, 0.5) is 5.69 Å². The van der Waals surface area contributed by atoms with Crippen LogP contribution in [0.2, 0.25) is 5.02 Å². The number of oxazole rings is 1. The molecule has 1 amide bonds. The van der Waals surface area contributed by atoms with Crippen LogP contribution in [0.3, 0.4) is 0 Å². The second-order valence-electron chi connectivity index (χ2n) is 8.15. The van der Waals surface area contributed by atoms with Crippen LogP contribution in [-0.2, 0) is 4.79 Å². The first-order valence-electron chi connectivity index (χ1n) is 11.5. The minimum atomic E-state index is -0.317. The van der Waals surface area contributed by atoms with Crippen LogP contribution in [0.25, 0.3) is 40.0 Å². The third-order valence-electron chi connectivity index (χ3n) is 5.72. The zero-order chi connectivity index (χ0) is 26.6. The molecular formula is C29H23ClN2O6.